The molecule has 4 nitrogen and oxygen atoms in total. The number of hydrogen-bond donors (Lipinski definition) is 1. The van der Waals surface area contributed by atoms with Crippen LogP contribution in [0.25, 0.3) is 0 Å². The summed E-state index contributed by atoms with van der Waals surface area (Å²) in [5.41, 5.74) is 0. The van der Waals surface area contributed by atoms with Gasteiger partial charge in [-0.3, -0.25) is 0 Å². The molecule has 0 rings (SSSR count). The van der Waals surface area contributed by atoms with Crippen LogP contribution in [0.15, 0.2) is 0 Å². The second-order valence-corrected chi connectivity index (χ2v) is 3.96. The summed E-state index contributed by atoms with van der Waals surface area (Å²) in [4.78, 5) is 0. The average Bonchev–Trinajstić information content (AvgIpc) is 2.30. The van der Waals surface area contributed by atoms with Crippen molar-refractivity contribution in [2.45, 2.75) is 45.3 Å². The first kappa shape index (κ1) is 15.8. The molecule has 0 heterocycles. The standard InChI is InChI=1S/C12H26O4/c1-4-5-6-11(2)16-12(9-13)10-15-8-7-14-3/h11-13H,4-10H2,1-3H3. The van der Waals surface area contributed by atoms with Crippen LogP contribution in [0.1, 0.15) is 33.1 Å². The maximum Gasteiger partial charge on any atom is 0.104 e. The summed E-state index contributed by atoms with van der Waals surface area (Å²) in [5.74, 6) is 0. The lowest BCUT2D eigenvalue weighted by molar-refractivity contribution is -0.0793. The molecule has 0 aliphatic heterocycles. The largest absolute Gasteiger partial charge is 0.394 e. The molecule has 0 aliphatic carbocycles. The Morgan fingerprint density at radius 2 is 2.00 bits per heavy atom. The molecule has 0 aliphatic rings. The molecule has 0 aromatic heterocycles. The van der Waals surface area contributed by atoms with E-state index in [-0.39, 0.29) is 18.8 Å². The second-order valence-electron chi connectivity index (χ2n) is 3.96. The van der Waals surface area contributed by atoms with Gasteiger partial charge in [-0.25, -0.2) is 0 Å². The van der Waals surface area contributed by atoms with Crippen molar-refractivity contribution in [1.82, 2.24) is 0 Å². The normalized spacial score (nSPS) is 15.0. The van der Waals surface area contributed by atoms with Crippen molar-refractivity contribution in [3.05, 3.63) is 0 Å². The molecule has 0 radical (unpaired) electrons. The Kier molecular flexibility index (Phi) is 11.2. The fraction of sp³-hybridized carbons (Fsp3) is 1.00. The van der Waals surface area contributed by atoms with Crippen LogP contribution in [-0.4, -0.2) is 50.9 Å². The Morgan fingerprint density at radius 1 is 1.25 bits per heavy atom. The summed E-state index contributed by atoms with van der Waals surface area (Å²) in [6.07, 6.45) is 3.32. The van der Waals surface area contributed by atoms with Gasteiger partial charge in [0.1, 0.15) is 6.10 Å². The van der Waals surface area contributed by atoms with Crippen molar-refractivity contribution in [1.29, 1.82) is 0 Å². The number of aliphatic hydroxyl groups excluding tert-OH is 1. The predicted octanol–water partition coefficient (Wildman–Crippen LogP) is 1.61. The Bertz CT molecular complexity index is 141. The van der Waals surface area contributed by atoms with Crippen LogP contribution in [0.5, 0.6) is 0 Å². The maximum atomic E-state index is 9.12. The molecule has 1 N–H and O–H groups in total. The monoisotopic (exact) mass is 234 g/mol. The van der Waals surface area contributed by atoms with Crippen LogP contribution in [0.3, 0.4) is 0 Å². The van der Waals surface area contributed by atoms with Gasteiger partial charge in [0.05, 0.1) is 32.5 Å². The summed E-state index contributed by atoms with van der Waals surface area (Å²) in [6, 6.07) is 0. The third-order valence-electron chi connectivity index (χ3n) is 2.33. The van der Waals surface area contributed by atoms with Crippen molar-refractivity contribution in [3.63, 3.8) is 0 Å². The minimum atomic E-state index is -0.219. The molecule has 0 fully saturated rings. The third kappa shape index (κ3) is 9.09. The van der Waals surface area contributed by atoms with Gasteiger partial charge in [-0.15, -0.1) is 0 Å². The minimum Gasteiger partial charge on any atom is -0.394 e. The molecule has 4 heteroatoms. The number of methoxy groups -OCH3 is 1. The average molecular weight is 234 g/mol. The summed E-state index contributed by atoms with van der Waals surface area (Å²) in [7, 11) is 1.64. The lowest BCUT2D eigenvalue weighted by Crippen LogP contribution is -2.28. The van der Waals surface area contributed by atoms with Gasteiger partial charge in [-0.05, 0) is 13.3 Å². The number of rotatable bonds is 11. The Morgan fingerprint density at radius 3 is 2.56 bits per heavy atom. The number of hydrogen-bond acceptors (Lipinski definition) is 4. The van der Waals surface area contributed by atoms with Crippen molar-refractivity contribution in [2.24, 2.45) is 0 Å². The van der Waals surface area contributed by atoms with Crippen LogP contribution in [0.2, 0.25) is 0 Å². The Balaban J connectivity index is 3.56. The molecule has 16 heavy (non-hydrogen) atoms. The van der Waals surface area contributed by atoms with Gasteiger partial charge >= 0.3 is 0 Å². The van der Waals surface area contributed by atoms with Gasteiger partial charge in [0.2, 0.25) is 0 Å². The Labute approximate surface area is 98.9 Å². The molecule has 98 valence electrons. The topological polar surface area (TPSA) is 47.9 Å². The van der Waals surface area contributed by atoms with E-state index in [1.165, 1.54) is 6.42 Å². The number of unbranched alkanes of at least 4 members (excludes halogenated alkanes) is 1. The summed E-state index contributed by atoms with van der Waals surface area (Å²) in [6.45, 7) is 5.74. The third-order valence-corrected chi connectivity index (χ3v) is 2.33. The zero-order valence-corrected chi connectivity index (χ0v) is 10.8. The first-order valence-corrected chi connectivity index (χ1v) is 6.07. The Hall–Kier alpha value is -0.160. The van der Waals surface area contributed by atoms with Gasteiger partial charge in [-0.1, -0.05) is 19.8 Å². The molecule has 0 amide bonds. The zero-order valence-electron chi connectivity index (χ0n) is 10.8. The molecule has 0 saturated heterocycles. The smallest absolute Gasteiger partial charge is 0.104 e. The molecule has 0 saturated carbocycles. The minimum absolute atomic E-state index is 0.00342. The summed E-state index contributed by atoms with van der Waals surface area (Å²) >= 11 is 0. The molecule has 0 aromatic rings. The van der Waals surface area contributed by atoms with Crippen molar-refractivity contribution in [2.75, 3.05) is 33.5 Å². The molecule has 2 unspecified atom stereocenters. The van der Waals surface area contributed by atoms with Gasteiger partial charge in [0, 0.05) is 7.11 Å². The van der Waals surface area contributed by atoms with Crippen LogP contribution in [0.4, 0.5) is 0 Å². The molecular formula is C12H26O4. The zero-order chi connectivity index (χ0) is 12.2. The number of aliphatic hydroxyl groups is 1. The fourth-order valence-corrected chi connectivity index (χ4v) is 1.38. The highest BCUT2D eigenvalue weighted by atomic mass is 16.6. The van der Waals surface area contributed by atoms with E-state index < -0.39 is 0 Å². The predicted molar refractivity (Wildman–Crippen MR) is 63.6 cm³/mol. The molecular weight excluding hydrogens is 208 g/mol. The van der Waals surface area contributed by atoms with Gasteiger partial charge in [0.25, 0.3) is 0 Å². The highest BCUT2D eigenvalue weighted by Crippen LogP contribution is 2.07. The highest BCUT2D eigenvalue weighted by Gasteiger charge is 2.12. The van der Waals surface area contributed by atoms with E-state index in [2.05, 4.69) is 6.92 Å². The second kappa shape index (κ2) is 11.3. The van der Waals surface area contributed by atoms with Crippen LogP contribution in [0, 0.1) is 0 Å². The van der Waals surface area contributed by atoms with E-state index >= 15 is 0 Å². The van der Waals surface area contributed by atoms with Crippen LogP contribution >= 0.6 is 0 Å². The summed E-state index contributed by atoms with van der Waals surface area (Å²) < 4.78 is 15.9. The first-order valence-electron chi connectivity index (χ1n) is 6.07. The van der Waals surface area contributed by atoms with E-state index in [4.69, 9.17) is 19.3 Å². The molecule has 0 spiro atoms. The highest BCUT2D eigenvalue weighted by molar-refractivity contribution is 4.59. The fourth-order valence-electron chi connectivity index (χ4n) is 1.38. The quantitative estimate of drug-likeness (QED) is 0.552. The van der Waals surface area contributed by atoms with Gasteiger partial charge in [0.15, 0.2) is 0 Å². The van der Waals surface area contributed by atoms with E-state index in [0.717, 1.165) is 12.8 Å². The van der Waals surface area contributed by atoms with Crippen molar-refractivity contribution < 1.29 is 19.3 Å². The van der Waals surface area contributed by atoms with E-state index in [0.29, 0.717) is 19.8 Å². The van der Waals surface area contributed by atoms with E-state index in [1.807, 2.05) is 6.92 Å². The van der Waals surface area contributed by atoms with Crippen molar-refractivity contribution >= 4 is 0 Å². The van der Waals surface area contributed by atoms with E-state index in [9.17, 15) is 0 Å². The summed E-state index contributed by atoms with van der Waals surface area (Å²) in [5, 5.41) is 9.12. The van der Waals surface area contributed by atoms with Gasteiger partial charge in [-0.2, -0.15) is 0 Å². The van der Waals surface area contributed by atoms with Crippen molar-refractivity contribution in [3.8, 4) is 0 Å². The van der Waals surface area contributed by atoms with Crippen LogP contribution in [-0.2, 0) is 14.2 Å². The van der Waals surface area contributed by atoms with Gasteiger partial charge < -0.3 is 19.3 Å². The maximum absolute atomic E-state index is 9.12. The first-order chi connectivity index (χ1) is 7.74. The molecule has 0 bridgehead atoms. The SMILES string of the molecule is CCCCC(C)OC(CO)COCCOC. The van der Waals surface area contributed by atoms with Crippen LogP contribution < -0.4 is 0 Å². The lowest BCUT2D eigenvalue weighted by atomic mass is 10.2. The van der Waals surface area contributed by atoms with E-state index in [1.54, 1.807) is 7.11 Å². The molecule has 2 atom stereocenters. The molecule has 0 aromatic carbocycles. The lowest BCUT2D eigenvalue weighted by Gasteiger charge is -2.20. The number of ether oxygens (including phenoxy) is 3.